The molecule has 1 aliphatic rings. The van der Waals surface area contributed by atoms with Gasteiger partial charge in [-0.3, -0.25) is 4.79 Å². The summed E-state index contributed by atoms with van der Waals surface area (Å²) in [6, 6.07) is 12.5. The molecule has 1 amide bonds. The fourth-order valence-corrected chi connectivity index (χ4v) is 3.98. The average molecular weight is 382 g/mol. The lowest BCUT2D eigenvalue weighted by molar-refractivity contribution is -0.143. The lowest BCUT2D eigenvalue weighted by atomic mass is 10.0. The highest BCUT2D eigenvalue weighted by Gasteiger charge is 2.34. The third kappa shape index (κ3) is 3.35. The van der Waals surface area contributed by atoms with Crippen LogP contribution in [0.15, 0.2) is 47.8 Å². The molecule has 1 aliphatic heterocycles. The van der Waals surface area contributed by atoms with Crippen LogP contribution >= 0.6 is 11.3 Å². The Morgan fingerprint density at radius 1 is 1.11 bits per heavy atom. The number of para-hydroxylation sites is 1. The van der Waals surface area contributed by atoms with Crippen LogP contribution in [-0.2, 0) is 4.79 Å². The van der Waals surface area contributed by atoms with E-state index in [1.54, 1.807) is 4.68 Å². The van der Waals surface area contributed by atoms with Gasteiger partial charge < -0.3 is 10.0 Å². The predicted molar refractivity (Wildman–Crippen MR) is 101 cm³/mol. The molecule has 0 aliphatic carbocycles. The molecule has 8 heteroatoms. The highest BCUT2D eigenvalue weighted by atomic mass is 32.1. The number of hydrogen-bond donors (Lipinski definition) is 1. The van der Waals surface area contributed by atoms with Gasteiger partial charge in [0.05, 0.1) is 10.6 Å². The maximum Gasteiger partial charge on any atom is 0.326 e. The first-order valence-corrected chi connectivity index (χ1v) is 9.63. The largest absolute Gasteiger partial charge is 0.480 e. The third-order valence-electron chi connectivity index (χ3n) is 4.59. The monoisotopic (exact) mass is 382 g/mol. The van der Waals surface area contributed by atoms with Crippen LogP contribution < -0.4 is 0 Å². The molecule has 1 saturated heterocycles. The van der Waals surface area contributed by atoms with Gasteiger partial charge in [0.2, 0.25) is 5.82 Å². The second-order valence-corrected chi connectivity index (χ2v) is 7.28. The molecule has 0 saturated carbocycles. The number of piperidine rings is 1. The molecule has 27 heavy (non-hydrogen) atoms. The molecule has 138 valence electrons. The summed E-state index contributed by atoms with van der Waals surface area (Å²) in [5, 5.41) is 15.8. The standard InChI is InChI=1S/C19H18N4O3S/c24-18(22-11-5-4-9-14(22)19(25)26)16-20-17(15-10-6-12-27-15)23(21-16)13-7-2-1-3-8-13/h1-3,6-8,10,12,14H,4-5,9,11H2,(H,25,26)/t14-/m1/s1. The fourth-order valence-electron chi connectivity index (χ4n) is 3.28. The lowest BCUT2D eigenvalue weighted by Gasteiger charge is -2.31. The number of thiophene rings is 1. The number of rotatable bonds is 4. The van der Waals surface area contributed by atoms with Crippen LogP contribution in [0.5, 0.6) is 0 Å². The number of likely N-dealkylation sites (tertiary alicyclic amines) is 1. The van der Waals surface area contributed by atoms with Crippen LogP contribution in [-0.4, -0.2) is 49.2 Å². The minimum Gasteiger partial charge on any atom is -0.480 e. The number of aromatic nitrogens is 3. The minimum absolute atomic E-state index is 0.0235. The molecule has 0 unspecified atom stereocenters. The molecule has 3 heterocycles. The van der Waals surface area contributed by atoms with Crippen LogP contribution in [0.2, 0.25) is 0 Å². The number of benzene rings is 1. The van der Waals surface area contributed by atoms with Crippen molar-refractivity contribution in [1.82, 2.24) is 19.7 Å². The smallest absolute Gasteiger partial charge is 0.326 e. The van der Waals surface area contributed by atoms with E-state index >= 15 is 0 Å². The molecule has 3 aromatic rings. The zero-order valence-corrected chi connectivity index (χ0v) is 15.3. The van der Waals surface area contributed by atoms with Gasteiger partial charge in [0.1, 0.15) is 6.04 Å². The summed E-state index contributed by atoms with van der Waals surface area (Å²) in [5.74, 6) is -0.822. The number of nitrogens with zero attached hydrogens (tertiary/aromatic N) is 4. The molecule has 4 rings (SSSR count). The SMILES string of the molecule is O=C(O)[C@H]1CCCCN1C(=O)c1nc(-c2cccs2)n(-c2ccccc2)n1. The Balaban J connectivity index is 1.75. The minimum atomic E-state index is -0.982. The van der Waals surface area contributed by atoms with Gasteiger partial charge in [-0.15, -0.1) is 16.4 Å². The van der Waals surface area contributed by atoms with Crippen molar-refractivity contribution >= 4 is 23.2 Å². The quantitative estimate of drug-likeness (QED) is 0.749. The van der Waals surface area contributed by atoms with Crippen molar-refractivity contribution in [3.8, 4) is 16.4 Å². The van der Waals surface area contributed by atoms with E-state index in [1.165, 1.54) is 16.2 Å². The van der Waals surface area contributed by atoms with Gasteiger partial charge in [-0.1, -0.05) is 24.3 Å². The van der Waals surface area contributed by atoms with Crippen molar-refractivity contribution in [1.29, 1.82) is 0 Å². The van der Waals surface area contributed by atoms with E-state index in [2.05, 4.69) is 10.1 Å². The highest BCUT2D eigenvalue weighted by molar-refractivity contribution is 7.13. The van der Waals surface area contributed by atoms with Crippen LogP contribution in [0.3, 0.4) is 0 Å². The molecule has 1 fully saturated rings. The number of hydrogen-bond acceptors (Lipinski definition) is 5. The number of amides is 1. The zero-order valence-electron chi connectivity index (χ0n) is 14.5. The van der Waals surface area contributed by atoms with E-state index in [0.717, 1.165) is 23.4 Å². The first-order chi connectivity index (χ1) is 13.1. The third-order valence-corrected chi connectivity index (χ3v) is 5.46. The summed E-state index contributed by atoms with van der Waals surface area (Å²) in [6.45, 7) is 0.407. The zero-order chi connectivity index (χ0) is 18.8. The summed E-state index contributed by atoms with van der Waals surface area (Å²) in [5.41, 5.74) is 0.792. The second kappa shape index (κ2) is 7.32. The summed E-state index contributed by atoms with van der Waals surface area (Å²) in [4.78, 5) is 31.3. The molecule has 7 nitrogen and oxygen atoms in total. The summed E-state index contributed by atoms with van der Waals surface area (Å²) < 4.78 is 1.64. The molecular weight excluding hydrogens is 364 g/mol. The number of carbonyl (C=O) groups excluding carboxylic acids is 1. The molecule has 0 bridgehead atoms. The summed E-state index contributed by atoms with van der Waals surface area (Å²) in [6.07, 6.45) is 2.04. The Kier molecular flexibility index (Phi) is 4.72. The topological polar surface area (TPSA) is 88.3 Å². The fraction of sp³-hybridized carbons (Fsp3) is 0.263. The summed E-state index contributed by atoms with van der Waals surface area (Å²) >= 11 is 1.51. The van der Waals surface area contributed by atoms with Crippen LogP contribution in [0.1, 0.15) is 29.9 Å². The van der Waals surface area contributed by atoms with Crippen LogP contribution in [0.25, 0.3) is 16.4 Å². The van der Waals surface area contributed by atoms with Crippen molar-refractivity contribution in [2.24, 2.45) is 0 Å². The van der Waals surface area contributed by atoms with Gasteiger partial charge in [-0.05, 0) is 42.8 Å². The van der Waals surface area contributed by atoms with Crippen molar-refractivity contribution < 1.29 is 14.7 Å². The Hall–Kier alpha value is -3.00. The molecule has 1 atom stereocenters. The van der Waals surface area contributed by atoms with Gasteiger partial charge in [-0.25, -0.2) is 14.5 Å². The van der Waals surface area contributed by atoms with Gasteiger partial charge in [0.25, 0.3) is 5.91 Å². The summed E-state index contributed by atoms with van der Waals surface area (Å²) in [7, 11) is 0. The first kappa shape index (κ1) is 17.4. The van der Waals surface area contributed by atoms with E-state index in [9.17, 15) is 14.7 Å². The average Bonchev–Trinajstić information content (AvgIpc) is 3.37. The Morgan fingerprint density at radius 2 is 1.93 bits per heavy atom. The Morgan fingerprint density at radius 3 is 2.63 bits per heavy atom. The van der Waals surface area contributed by atoms with E-state index in [-0.39, 0.29) is 5.82 Å². The van der Waals surface area contributed by atoms with Crippen molar-refractivity contribution in [2.75, 3.05) is 6.54 Å². The Bertz CT molecular complexity index is 953. The van der Waals surface area contributed by atoms with Gasteiger partial charge in [-0.2, -0.15) is 0 Å². The van der Waals surface area contributed by atoms with E-state index in [0.29, 0.717) is 18.8 Å². The van der Waals surface area contributed by atoms with Crippen molar-refractivity contribution in [3.63, 3.8) is 0 Å². The van der Waals surface area contributed by atoms with Crippen LogP contribution in [0, 0.1) is 0 Å². The van der Waals surface area contributed by atoms with E-state index in [1.807, 2.05) is 47.8 Å². The number of aliphatic carboxylic acids is 1. The van der Waals surface area contributed by atoms with E-state index < -0.39 is 17.9 Å². The molecule has 0 spiro atoms. The first-order valence-electron chi connectivity index (χ1n) is 8.75. The predicted octanol–water partition coefficient (Wildman–Crippen LogP) is 3.08. The lowest BCUT2D eigenvalue weighted by Crippen LogP contribution is -2.48. The molecule has 0 radical (unpaired) electrons. The number of carboxylic acids is 1. The van der Waals surface area contributed by atoms with Crippen molar-refractivity contribution in [2.45, 2.75) is 25.3 Å². The maximum atomic E-state index is 13.0. The van der Waals surface area contributed by atoms with Gasteiger partial charge in [0.15, 0.2) is 5.82 Å². The molecular formula is C19H18N4O3S. The normalized spacial score (nSPS) is 17.0. The van der Waals surface area contributed by atoms with Crippen LogP contribution in [0.4, 0.5) is 0 Å². The Labute approximate surface area is 159 Å². The second-order valence-electron chi connectivity index (χ2n) is 6.33. The number of carboxylic acid groups (broad SMARTS) is 1. The maximum absolute atomic E-state index is 13.0. The van der Waals surface area contributed by atoms with E-state index in [4.69, 9.17) is 0 Å². The molecule has 1 aromatic carbocycles. The molecule has 1 N–H and O–H groups in total. The highest BCUT2D eigenvalue weighted by Crippen LogP contribution is 2.26. The van der Waals surface area contributed by atoms with Gasteiger partial charge >= 0.3 is 5.97 Å². The molecule has 2 aromatic heterocycles. The van der Waals surface area contributed by atoms with Crippen molar-refractivity contribution in [3.05, 3.63) is 53.7 Å². The number of carbonyl (C=O) groups is 2. The van der Waals surface area contributed by atoms with Gasteiger partial charge in [0, 0.05) is 6.54 Å².